The molecule has 1 aliphatic carbocycles. The topological polar surface area (TPSA) is 243 Å². The van der Waals surface area contributed by atoms with Crippen molar-refractivity contribution >= 4 is 134 Å². The Balaban J connectivity index is 0.000000111. The molecule has 5 unspecified atom stereocenters. The number of methoxy groups -OCH3 is 1. The van der Waals surface area contributed by atoms with Gasteiger partial charge in [0.25, 0.3) is 0 Å². The number of rotatable bonds is 16. The molecule has 144 heavy (non-hydrogen) atoms. The second-order valence-corrected chi connectivity index (χ2v) is 41.1. The quantitative estimate of drug-likeness (QED) is 0.0450. The summed E-state index contributed by atoms with van der Waals surface area (Å²) in [4.78, 5) is 77.1. The number of benzene rings is 12. The normalized spacial score (nSPS) is 17.3. The number of carbonyl (C=O) groups is 3. The maximum absolute atomic E-state index is 14.3. The van der Waals surface area contributed by atoms with Crippen LogP contribution in [-0.4, -0.2) is 116 Å². The first kappa shape index (κ1) is 97.8. The van der Waals surface area contributed by atoms with E-state index in [1.807, 2.05) is 187 Å². The standard InChI is InChI=1S/C31H32ClN3O3.C24H21BrN2O.C24H27ClN2.C21H22N2O3.C20H15ClN2O2/c1-31(2,3)38-30(37)34-26(18-20-10-6-4-7-11-20)29(36)35-17-16-23-24-19-22(32)14-15-25(24)33-27(23)28(35)21-12-8-5-9-13-21;25-18-8-11-22-21(14-18)20-12-13-26-23(24(20)27-22)17-6-9-19(10-7-17)28-15-16-4-2-1-3-5-16;25-19-11-12-22-21(15-19)20-13-14-27(16-17-7-3-1-4-8-17)24(23(20)26-22)18-9-5-2-6-10-18;1-3-26-21(24)23-13-12-17-16-6-4-5-7-18(16)22-19(17)20(23)14-8-10-15(25-2)11-9-14;21-11-5-6-16-14(9-11)12-7-8-22-18(19(12)23-16)15-10-25-17-4-2-1-3-13(17)20(15)24/h4-15,19,26,28,33H,16-18H2,1-3H3,(H,34,37);1-11,14,23,26-27H,12-13,15H2;1,3-4,7-8,11-12,15,18,24,26H,2,5-6,9-10,13-14,16H2;4-11,20,22H,3,12-13H2,1-2H3;1-6,9-10,18,22-23H,7-8H2/t26-,28?;;;;/m0..../s1. The van der Waals surface area contributed by atoms with E-state index in [4.69, 9.17) is 58.2 Å². The van der Waals surface area contributed by atoms with Crippen molar-refractivity contribution in [3.63, 3.8) is 0 Å². The molecule has 24 heteroatoms. The lowest BCUT2D eigenvalue weighted by atomic mass is 9.79. The Labute approximate surface area is 861 Å². The molecule has 8 N–H and O–H groups in total. The molecule has 6 atom stereocenters. The number of hydrogen-bond donors (Lipinski definition) is 8. The maximum Gasteiger partial charge on any atom is 0.410 e. The van der Waals surface area contributed by atoms with Crippen LogP contribution in [0.5, 0.6) is 11.5 Å². The molecule has 6 aromatic heterocycles. The zero-order valence-corrected chi connectivity index (χ0v) is 85.1. The van der Waals surface area contributed by atoms with E-state index in [1.54, 1.807) is 40.2 Å². The predicted octanol–water partition coefficient (Wildman–Crippen LogP) is 27.1. The number of aromatic nitrogens is 5. The van der Waals surface area contributed by atoms with Gasteiger partial charge in [-0.2, -0.15) is 0 Å². The number of nitrogens with one attached hydrogen (secondary N) is 8. The average Bonchev–Trinajstić information content (AvgIpc) is 1.72. The van der Waals surface area contributed by atoms with E-state index in [0.717, 1.165) is 145 Å². The Morgan fingerprint density at radius 2 is 0.944 bits per heavy atom. The highest BCUT2D eigenvalue weighted by atomic mass is 79.9. The first-order valence-electron chi connectivity index (χ1n) is 50.0. The molecular formula is C120H117BrCl3N11O9. The summed E-state index contributed by atoms with van der Waals surface area (Å²) < 4.78 is 28.9. The highest BCUT2D eigenvalue weighted by Gasteiger charge is 2.42. The van der Waals surface area contributed by atoms with E-state index in [2.05, 4.69) is 177 Å². The second-order valence-electron chi connectivity index (χ2n) is 38.9. The minimum atomic E-state index is -0.793. The largest absolute Gasteiger partial charge is 0.497 e. The van der Waals surface area contributed by atoms with Crippen LogP contribution in [0.3, 0.4) is 0 Å². The van der Waals surface area contributed by atoms with Crippen molar-refractivity contribution in [2.75, 3.05) is 46.4 Å². The molecule has 1 fully saturated rings. The van der Waals surface area contributed by atoms with Gasteiger partial charge in [0.15, 0.2) is 5.43 Å². The Bertz CT molecular complexity index is 7670. The van der Waals surface area contributed by atoms with Gasteiger partial charge in [-0.05, 0) is 255 Å². The highest BCUT2D eigenvalue weighted by molar-refractivity contribution is 9.10. The molecule has 6 aliphatic rings. The third kappa shape index (κ3) is 21.5. The number of amides is 3. The molecule has 24 rings (SSSR count). The van der Waals surface area contributed by atoms with Gasteiger partial charge < -0.3 is 69.1 Å². The number of halogens is 4. The number of nitrogens with zero attached hydrogens (tertiary/aromatic N) is 3. The van der Waals surface area contributed by atoms with Gasteiger partial charge in [-0.25, -0.2) is 9.59 Å². The first-order chi connectivity index (χ1) is 70.2. The maximum atomic E-state index is 14.3. The molecule has 3 amide bonds. The van der Waals surface area contributed by atoms with Crippen LogP contribution in [0.4, 0.5) is 9.59 Å². The number of hydrogen-bond acceptors (Lipinski definition) is 12. The lowest BCUT2D eigenvalue weighted by Gasteiger charge is -2.42. The average molecular weight is 2040 g/mol. The fraction of sp³-hybridized carbons (Fsp3) is 0.267. The van der Waals surface area contributed by atoms with E-state index in [0.29, 0.717) is 66.7 Å². The summed E-state index contributed by atoms with van der Waals surface area (Å²) in [5, 5.41) is 18.9. The summed E-state index contributed by atoms with van der Waals surface area (Å²) in [5.41, 5.74) is 25.3. The van der Waals surface area contributed by atoms with Crippen LogP contribution in [0, 0.1) is 5.92 Å². The number of alkyl carbamates (subject to hydrolysis) is 1. The van der Waals surface area contributed by atoms with Gasteiger partial charge in [-0.15, -0.1) is 0 Å². The Morgan fingerprint density at radius 1 is 0.472 bits per heavy atom. The van der Waals surface area contributed by atoms with Gasteiger partial charge in [-0.3, -0.25) is 19.4 Å². The molecule has 11 heterocycles. The fourth-order valence-electron chi connectivity index (χ4n) is 22.0. The third-order valence-corrected chi connectivity index (χ3v) is 29.8. The minimum absolute atomic E-state index is 0.00360. The number of fused-ring (bicyclic) bond motifs is 16. The number of aromatic amines is 5. The number of carbonyl (C=O) groups excluding carboxylic acids is 3. The monoisotopic (exact) mass is 2040 g/mol. The van der Waals surface area contributed by atoms with Crippen LogP contribution in [-0.2, 0) is 65.9 Å². The number of ether oxygens (including phenoxy) is 4. The Morgan fingerprint density at radius 3 is 1.56 bits per heavy atom. The number of H-pyrrole nitrogens is 5. The predicted molar refractivity (Wildman–Crippen MR) is 580 cm³/mol. The van der Waals surface area contributed by atoms with Crippen molar-refractivity contribution in [1.29, 1.82) is 0 Å². The third-order valence-electron chi connectivity index (χ3n) is 28.6. The van der Waals surface area contributed by atoms with Crippen LogP contribution < -0.4 is 30.9 Å². The Hall–Kier alpha value is -13.6. The van der Waals surface area contributed by atoms with E-state index in [1.165, 1.54) is 115 Å². The molecule has 20 nitrogen and oxygen atoms in total. The summed E-state index contributed by atoms with van der Waals surface area (Å²) in [6.45, 7) is 13.3. The second kappa shape index (κ2) is 43.9. The summed E-state index contributed by atoms with van der Waals surface area (Å²) in [6, 6.07) is 96.4. The van der Waals surface area contributed by atoms with Crippen LogP contribution in [0.2, 0.25) is 15.1 Å². The lowest BCUT2D eigenvalue weighted by molar-refractivity contribution is -0.135. The SMILES string of the molecule is Brc1ccc2[nH]c3c(c2c1)CCNC3c1ccc(OCc2ccccc2)cc1.CC(C)(C)OC(=O)N[C@@H](Cc1ccccc1)C(=O)N1CCc2c([nH]c3ccc(Cl)cc23)C1c1ccccc1.CCOC(=O)N1CCc2c([nH]c3ccccc23)C1c1ccc(OC)cc1.Clc1ccc2[nH]c3c(c2c1)CCN(Cc1ccccc1)C3C1CCCCC1.O=c1c(C2NCCc3c2[nH]c2ccc(Cl)cc32)coc2ccccc12. The Kier molecular flexibility index (Phi) is 29.8. The molecule has 12 aromatic carbocycles. The molecule has 0 radical (unpaired) electrons. The van der Waals surface area contributed by atoms with Crippen molar-refractivity contribution in [1.82, 2.24) is 55.6 Å². The van der Waals surface area contributed by atoms with Gasteiger partial charge in [0.05, 0.1) is 48.8 Å². The summed E-state index contributed by atoms with van der Waals surface area (Å²) in [7, 11) is 1.65. The molecule has 734 valence electrons. The van der Waals surface area contributed by atoms with Crippen LogP contribution >= 0.6 is 50.7 Å². The summed E-state index contributed by atoms with van der Waals surface area (Å²) in [6.07, 6.45) is 12.4. The van der Waals surface area contributed by atoms with E-state index >= 15 is 0 Å². The fourth-order valence-corrected chi connectivity index (χ4v) is 22.9. The summed E-state index contributed by atoms with van der Waals surface area (Å²) in [5.74, 6) is 2.29. The number of para-hydroxylation sites is 2. The van der Waals surface area contributed by atoms with E-state index in [9.17, 15) is 19.2 Å². The summed E-state index contributed by atoms with van der Waals surface area (Å²) >= 11 is 22.4. The van der Waals surface area contributed by atoms with Gasteiger partial charge in [0, 0.05) is 148 Å². The molecule has 0 bridgehead atoms. The van der Waals surface area contributed by atoms with Gasteiger partial charge >= 0.3 is 12.2 Å². The van der Waals surface area contributed by atoms with E-state index < -0.39 is 17.7 Å². The molecule has 0 spiro atoms. The molecule has 5 aliphatic heterocycles. The van der Waals surface area contributed by atoms with Crippen LogP contribution in [0.1, 0.15) is 185 Å². The highest BCUT2D eigenvalue weighted by Crippen LogP contribution is 2.48. The van der Waals surface area contributed by atoms with Crippen molar-refractivity contribution in [3.8, 4) is 11.5 Å². The van der Waals surface area contributed by atoms with E-state index in [-0.39, 0.29) is 41.6 Å². The molecule has 18 aromatic rings. The molecular weight excluding hydrogens is 1930 g/mol. The van der Waals surface area contributed by atoms with Crippen molar-refractivity contribution in [2.45, 2.75) is 153 Å². The molecule has 0 saturated heterocycles. The lowest BCUT2D eigenvalue weighted by Crippen LogP contribution is -2.53. The minimum Gasteiger partial charge on any atom is -0.497 e. The zero-order chi connectivity index (χ0) is 99.1. The zero-order valence-electron chi connectivity index (χ0n) is 81.3. The van der Waals surface area contributed by atoms with Gasteiger partial charge in [-0.1, -0.05) is 246 Å². The smallest absolute Gasteiger partial charge is 0.410 e. The van der Waals surface area contributed by atoms with Crippen molar-refractivity contribution < 1.29 is 37.7 Å². The first-order valence-corrected chi connectivity index (χ1v) is 51.9. The molecule has 1 saturated carbocycles. The van der Waals surface area contributed by atoms with Gasteiger partial charge in [0.2, 0.25) is 5.91 Å². The van der Waals surface area contributed by atoms with Crippen molar-refractivity contribution in [3.05, 3.63) is 422 Å². The van der Waals surface area contributed by atoms with Gasteiger partial charge in [0.1, 0.15) is 47.6 Å². The van der Waals surface area contributed by atoms with Crippen molar-refractivity contribution in [2.24, 2.45) is 5.92 Å². The van der Waals surface area contributed by atoms with Crippen LogP contribution in [0.25, 0.3) is 65.5 Å². The van der Waals surface area contributed by atoms with Crippen LogP contribution in [0.15, 0.2) is 311 Å².